The SMILES string of the molecule is CCN(CC)C(=O)NC1CCN(C(=O)C(C)C)CC1. The lowest BCUT2D eigenvalue weighted by molar-refractivity contribution is -0.135. The summed E-state index contributed by atoms with van der Waals surface area (Å²) in [7, 11) is 0. The summed E-state index contributed by atoms with van der Waals surface area (Å²) >= 11 is 0. The van der Waals surface area contributed by atoms with Gasteiger partial charge in [-0.25, -0.2) is 4.79 Å². The molecule has 19 heavy (non-hydrogen) atoms. The fraction of sp³-hybridized carbons (Fsp3) is 0.857. The number of hydrogen-bond donors (Lipinski definition) is 1. The Hall–Kier alpha value is -1.26. The average Bonchev–Trinajstić information content (AvgIpc) is 2.40. The standard InChI is InChI=1S/C14H27N3O2/c1-5-16(6-2)14(19)15-12-7-9-17(10-8-12)13(18)11(3)4/h11-12H,5-10H2,1-4H3,(H,15,19). The van der Waals surface area contributed by atoms with Crippen LogP contribution in [0.15, 0.2) is 0 Å². The second kappa shape index (κ2) is 7.36. The monoisotopic (exact) mass is 269 g/mol. The summed E-state index contributed by atoms with van der Waals surface area (Å²) in [5.74, 6) is 0.273. The van der Waals surface area contributed by atoms with Crippen molar-refractivity contribution in [2.75, 3.05) is 26.2 Å². The molecule has 0 atom stereocenters. The maximum absolute atomic E-state index is 11.9. The third-order valence-corrected chi connectivity index (χ3v) is 3.68. The van der Waals surface area contributed by atoms with Crippen LogP contribution in [0.3, 0.4) is 0 Å². The Morgan fingerprint density at radius 1 is 1.21 bits per heavy atom. The number of piperidine rings is 1. The molecule has 0 aliphatic carbocycles. The molecule has 0 radical (unpaired) electrons. The molecule has 110 valence electrons. The Morgan fingerprint density at radius 3 is 2.16 bits per heavy atom. The lowest BCUT2D eigenvalue weighted by Crippen LogP contribution is -2.50. The van der Waals surface area contributed by atoms with Gasteiger partial charge in [-0.3, -0.25) is 4.79 Å². The van der Waals surface area contributed by atoms with E-state index in [0.717, 1.165) is 39.0 Å². The number of carbonyl (C=O) groups is 2. The second-order valence-corrected chi connectivity index (χ2v) is 5.38. The first-order chi connectivity index (χ1) is 8.99. The minimum Gasteiger partial charge on any atom is -0.342 e. The van der Waals surface area contributed by atoms with Crippen molar-refractivity contribution < 1.29 is 9.59 Å². The van der Waals surface area contributed by atoms with E-state index in [1.54, 1.807) is 4.90 Å². The van der Waals surface area contributed by atoms with Gasteiger partial charge < -0.3 is 15.1 Å². The summed E-state index contributed by atoms with van der Waals surface area (Å²) < 4.78 is 0. The molecule has 0 aromatic rings. The molecule has 1 rings (SSSR count). The quantitative estimate of drug-likeness (QED) is 0.844. The summed E-state index contributed by atoms with van der Waals surface area (Å²) in [6, 6.07) is 0.211. The zero-order valence-corrected chi connectivity index (χ0v) is 12.6. The van der Waals surface area contributed by atoms with Crippen LogP contribution in [0.5, 0.6) is 0 Å². The van der Waals surface area contributed by atoms with Gasteiger partial charge in [-0.15, -0.1) is 0 Å². The van der Waals surface area contributed by atoms with Crippen LogP contribution in [0.4, 0.5) is 4.79 Å². The molecule has 1 aliphatic heterocycles. The van der Waals surface area contributed by atoms with Gasteiger partial charge >= 0.3 is 6.03 Å². The van der Waals surface area contributed by atoms with Crippen molar-refractivity contribution >= 4 is 11.9 Å². The number of urea groups is 1. The van der Waals surface area contributed by atoms with Crippen LogP contribution in [0, 0.1) is 5.92 Å². The van der Waals surface area contributed by atoms with Crippen molar-refractivity contribution in [3.8, 4) is 0 Å². The van der Waals surface area contributed by atoms with Gasteiger partial charge in [0.15, 0.2) is 0 Å². The Morgan fingerprint density at radius 2 is 1.74 bits per heavy atom. The van der Waals surface area contributed by atoms with Crippen molar-refractivity contribution in [2.24, 2.45) is 5.92 Å². The van der Waals surface area contributed by atoms with Gasteiger partial charge in [0.1, 0.15) is 0 Å². The van der Waals surface area contributed by atoms with E-state index in [-0.39, 0.29) is 23.9 Å². The van der Waals surface area contributed by atoms with Crippen LogP contribution in [-0.2, 0) is 4.79 Å². The smallest absolute Gasteiger partial charge is 0.317 e. The van der Waals surface area contributed by atoms with Gasteiger partial charge in [0, 0.05) is 38.1 Å². The van der Waals surface area contributed by atoms with Crippen LogP contribution < -0.4 is 5.32 Å². The Bertz CT molecular complexity index is 306. The largest absolute Gasteiger partial charge is 0.342 e. The van der Waals surface area contributed by atoms with Crippen LogP contribution in [0.2, 0.25) is 0 Å². The Labute approximate surface area is 116 Å². The number of carbonyl (C=O) groups excluding carboxylic acids is 2. The summed E-state index contributed by atoms with van der Waals surface area (Å²) in [6.07, 6.45) is 1.71. The molecule has 0 spiro atoms. The molecule has 1 N–H and O–H groups in total. The Kier molecular flexibility index (Phi) is 6.12. The topological polar surface area (TPSA) is 52.7 Å². The number of amides is 3. The van der Waals surface area contributed by atoms with Gasteiger partial charge in [-0.1, -0.05) is 13.8 Å². The first-order valence-electron chi connectivity index (χ1n) is 7.33. The molecular formula is C14H27N3O2. The van der Waals surface area contributed by atoms with Crippen molar-refractivity contribution in [3.05, 3.63) is 0 Å². The fourth-order valence-electron chi connectivity index (χ4n) is 2.39. The van der Waals surface area contributed by atoms with Gasteiger partial charge in [-0.05, 0) is 26.7 Å². The molecule has 1 fully saturated rings. The average molecular weight is 269 g/mol. The van der Waals surface area contributed by atoms with Crippen molar-refractivity contribution in [1.29, 1.82) is 0 Å². The zero-order valence-electron chi connectivity index (χ0n) is 12.6. The molecule has 0 bridgehead atoms. The first-order valence-corrected chi connectivity index (χ1v) is 7.33. The van der Waals surface area contributed by atoms with E-state index in [9.17, 15) is 9.59 Å². The highest BCUT2D eigenvalue weighted by atomic mass is 16.2. The van der Waals surface area contributed by atoms with Crippen molar-refractivity contribution in [3.63, 3.8) is 0 Å². The van der Waals surface area contributed by atoms with Gasteiger partial charge in [-0.2, -0.15) is 0 Å². The molecule has 0 aromatic carbocycles. The molecule has 5 nitrogen and oxygen atoms in total. The molecule has 1 aliphatic rings. The maximum atomic E-state index is 11.9. The summed E-state index contributed by atoms with van der Waals surface area (Å²) in [5, 5.41) is 3.06. The van der Waals surface area contributed by atoms with Crippen LogP contribution in [0.25, 0.3) is 0 Å². The number of nitrogens with zero attached hydrogens (tertiary/aromatic N) is 2. The van der Waals surface area contributed by atoms with Gasteiger partial charge in [0.2, 0.25) is 5.91 Å². The van der Waals surface area contributed by atoms with Crippen molar-refractivity contribution in [2.45, 2.75) is 46.6 Å². The molecule has 3 amide bonds. The molecule has 5 heteroatoms. The minimum atomic E-state index is 0.0126. The highest BCUT2D eigenvalue weighted by Gasteiger charge is 2.25. The van der Waals surface area contributed by atoms with E-state index in [2.05, 4.69) is 5.32 Å². The van der Waals surface area contributed by atoms with E-state index in [1.165, 1.54) is 0 Å². The van der Waals surface area contributed by atoms with E-state index in [4.69, 9.17) is 0 Å². The molecule has 0 saturated carbocycles. The van der Waals surface area contributed by atoms with Crippen molar-refractivity contribution in [1.82, 2.24) is 15.1 Å². The first kappa shape index (κ1) is 15.8. The summed E-state index contributed by atoms with van der Waals surface area (Å²) in [4.78, 5) is 27.5. The number of hydrogen-bond acceptors (Lipinski definition) is 2. The summed E-state index contributed by atoms with van der Waals surface area (Å²) in [6.45, 7) is 10.8. The predicted octanol–water partition coefficient (Wildman–Crippen LogP) is 1.68. The zero-order chi connectivity index (χ0) is 14.4. The fourth-order valence-corrected chi connectivity index (χ4v) is 2.39. The lowest BCUT2D eigenvalue weighted by atomic mass is 10.0. The molecular weight excluding hydrogens is 242 g/mol. The highest BCUT2D eigenvalue weighted by molar-refractivity contribution is 5.78. The maximum Gasteiger partial charge on any atom is 0.317 e. The second-order valence-electron chi connectivity index (χ2n) is 5.38. The van der Waals surface area contributed by atoms with E-state index in [1.807, 2.05) is 32.6 Å². The van der Waals surface area contributed by atoms with Crippen LogP contribution in [-0.4, -0.2) is 54.0 Å². The van der Waals surface area contributed by atoms with Crippen LogP contribution >= 0.6 is 0 Å². The highest BCUT2D eigenvalue weighted by Crippen LogP contribution is 2.13. The molecule has 1 heterocycles. The van der Waals surface area contributed by atoms with E-state index < -0.39 is 0 Å². The van der Waals surface area contributed by atoms with Crippen LogP contribution in [0.1, 0.15) is 40.5 Å². The molecule has 0 aromatic heterocycles. The van der Waals surface area contributed by atoms with E-state index >= 15 is 0 Å². The normalized spacial score (nSPS) is 16.6. The third-order valence-electron chi connectivity index (χ3n) is 3.68. The minimum absolute atomic E-state index is 0.0126. The predicted molar refractivity (Wildman–Crippen MR) is 75.9 cm³/mol. The molecule has 1 saturated heterocycles. The Balaban J connectivity index is 2.38. The van der Waals surface area contributed by atoms with Gasteiger partial charge in [0.05, 0.1) is 0 Å². The van der Waals surface area contributed by atoms with E-state index in [0.29, 0.717) is 0 Å². The van der Waals surface area contributed by atoms with Gasteiger partial charge in [0.25, 0.3) is 0 Å². The number of likely N-dealkylation sites (tertiary alicyclic amines) is 1. The number of rotatable bonds is 4. The summed E-state index contributed by atoms with van der Waals surface area (Å²) in [5.41, 5.74) is 0. The third kappa shape index (κ3) is 4.40. The number of nitrogens with one attached hydrogen (secondary N) is 1. The lowest BCUT2D eigenvalue weighted by Gasteiger charge is -2.34. The molecule has 0 unspecified atom stereocenters.